The van der Waals surface area contributed by atoms with Crippen molar-refractivity contribution in [3.05, 3.63) is 68.7 Å². The molecule has 1 aliphatic rings. The molecular weight excluding hydrogens is 414 g/mol. The number of hydrogen-bond donors (Lipinski definition) is 1. The minimum atomic E-state index is -0.0580. The van der Waals surface area contributed by atoms with Gasteiger partial charge in [0.2, 0.25) is 5.91 Å². The molecule has 0 aliphatic heterocycles. The van der Waals surface area contributed by atoms with Crippen molar-refractivity contribution in [3.63, 3.8) is 0 Å². The van der Waals surface area contributed by atoms with Gasteiger partial charge in [-0.1, -0.05) is 41.6 Å². The van der Waals surface area contributed by atoms with Gasteiger partial charge < -0.3 is 5.32 Å². The van der Waals surface area contributed by atoms with E-state index in [0.29, 0.717) is 29.1 Å². The molecule has 1 aliphatic carbocycles. The minimum Gasteiger partial charge on any atom is -0.350 e. The molecule has 0 radical (unpaired) electrons. The number of nitrogens with zero attached hydrogens (tertiary/aromatic N) is 2. The number of thiophene rings is 1. The molecule has 2 aromatic heterocycles. The van der Waals surface area contributed by atoms with E-state index in [1.54, 1.807) is 15.9 Å². The average molecular weight is 440 g/mol. The van der Waals surface area contributed by atoms with Crippen LogP contribution in [0.3, 0.4) is 0 Å². The van der Waals surface area contributed by atoms with E-state index in [1.807, 2.05) is 41.8 Å². The number of allylic oxidation sites excluding steroid dienone is 2. The van der Waals surface area contributed by atoms with Crippen LogP contribution in [0, 0.1) is 0 Å². The number of rotatable bonds is 8. The van der Waals surface area contributed by atoms with Crippen LogP contribution >= 0.6 is 23.1 Å². The van der Waals surface area contributed by atoms with Gasteiger partial charge >= 0.3 is 0 Å². The molecule has 1 aromatic carbocycles. The summed E-state index contributed by atoms with van der Waals surface area (Å²) in [4.78, 5) is 31.3. The second kappa shape index (κ2) is 10.1. The number of aromatic nitrogens is 2. The van der Waals surface area contributed by atoms with Crippen LogP contribution in [-0.4, -0.2) is 21.2 Å². The smallest absolute Gasteiger partial charge is 0.262 e. The van der Waals surface area contributed by atoms with Gasteiger partial charge in [-0.25, -0.2) is 4.98 Å². The van der Waals surface area contributed by atoms with Crippen molar-refractivity contribution in [1.82, 2.24) is 14.9 Å². The molecular formula is C23H25N3O2S2. The molecule has 2 heterocycles. The van der Waals surface area contributed by atoms with Crippen LogP contribution in [0.4, 0.5) is 0 Å². The number of thioether (sulfide) groups is 1. The average Bonchev–Trinajstić information content (AvgIpc) is 3.30. The summed E-state index contributed by atoms with van der Waals surface area (Å²) in [6.45, 7) is 1.13. The Bertz CT molecular complexity index is 1100. The van der Waals surface area contributed by atoms with E-state index in [2.05, 4.69) is 11.4 Å². The zero-order valence-corrected chi connectivity index (χ0v) is 18.4. The van der Waals surface area contributed by atoms with Crippen LogP contribution < -0.4 is 10.9 Å². The lowest BCUT2D eigenvalue weighted by Crippen LogP contribution is -2.26. The fourth-order valence-corrected chi connectivity index (χ4v) is 5.12. The molecule has 7 heteroatoms. The molecule has 0 spiro atoms. The molecule has 1 N–H and O–H groups in total. The highest BCUT2D eigenvalue weighted by molar-refractivity contribution is 7.99. The van der Waals surface area contributed by atoms with Gasteiger partial charge in [0.25, 0.3) is 5.56 Å². The summed E-state index contributed by atoms with van der Waals surface area (Å²) in [5.74, 6) is 0.177. The molecule has 1 amide bonds. The lowest BCUT2D eigenvalue weighted by Gasteiger charge is -2.16. The fraction of sp³-hybridized carbons (Fsp3) is 0.348. The third-order valence-corrected chi connectivity index (χ3v) is 7.09. The molecule has 0 fully saturated rings. The Labute approximate surface area is 184 Å². The maximum Gasteiger partial charge on any atom is 0.262 e. The maximum absolute atomic E-state index is 13.1. The van der Waals surface area contributed by atoms with Crippen molar-refractivity contribution in [2.75, 3.05) is 5.75 Å². The van der Waals surface area contributed by atoms with Crippen molar-refractivity contribution in [2.24, 2.45) is 0 Å². The van der Waals surface area contributed by atoms with E-state index in [-0.39, 0.29) is 17.2 Å². The van der Waals surface area contributed by atoms with Crippen LogP contribution in [0.1, 0.15) is 37.0 Å². The van der Waals surface area contributed by atoms with E-state index >= 15 is 0 Å². The second-order valence-electron chi connectivity index (χ2n) is 7.37. The first kappa shape index (κ1) is 20.9. The third kappa shape index (κ3) is 5.21. The Morgan fingerprint density at radius 3 is 2.90 bits per heavy atom. The lowest BCUT2D eigenvalue weighted by atomic mass is 9.97. The SMILES string of the molecule is O=C(CSc1nc2ccccc2c(=O)n1CCC1=CCCCC1)NCc1cccs1. The summed E-state index contributed by atoms with van der Waals surface area (Å²) < 4.78 is 1.75. The van der Waals surface area contributed by atoms with Gasteiger partial charge in [-0.05, 0) is 55.7 Å². The summed E-state index contributed by atoms with van der Waals surface area (Å²) in [7, 11) is 0. The number of para-hydroxylation sites is 1. The Morgan fingerprint density at radius 1 is 1.20 bits per heavy atom. The van der Waals surface area contributed by atoms with Crippen molar-refractivity contribution >= 4 is 39.9 Å². The van der Waals surface area contributed by atoms with Crippen LogP contribution in [0.2, 0.25) is 0 Å². The molecule has 0 bridgehead atoms. The number of carbonyl (C=O) groups is 1. The largest absolute Gasteiger partial charge is 0.350 e. The van der Waals surface area contributed by atoms with Crippen molar-refractivity contribution in [3.8, 4) is 0 Å². The Balaban J connectivity index is 1.50. The minimum absolute atomic E-state index is 0.0292. The first-order chi connectivity index (χ1) is 14.7. The van der Waals surface area contributed by atoms with Gasteiger partial charge in [-0.3, -0.25) is 14.2 Å². The topological polar surface area (TPSA) is 64.0 Å². The standard InChI is InChI=1S/C23H25N3O2S2/c27-21(24-15-18-9-6-14-29-18)16-30-23-25-20-11-5-4-10-19(20)22(28)26(23)13-12-17-7-2-1-3-8-17/h4-7,9-11,14H,1-3,8,12-13,15-16H2,(H,24,27). The number of benzene rings is 1. The van der Waals surface area contributed by atoms with E-state index in [0.717, 1.165) is 24.1 Å². The van der Waals surface area contributed by atoms with Crippen molar-refractivity contribution in [2.45, 2.75) is 50.4 Å². The molecule has 156 valence electrons. The van der Waals surface area contributed by atoms with Gasteiger partial charge in [-0.15, -0.1) is 11.3 Å². The summed E-state index contributed by atoms with van der Waals surface area (Å²) in [6.07, 6.45) is 7.90. The van der Waals surface area contributed by atoms with Gasteiger partial charge in [0.1, 0.15) is 0 Å². The summed E-state index contributed by atoms with van der Waals surface area (Å²) >= 11 is 2.95. The number of nitrogens with one attached hydrogen (secondary N) is 1. The molecule has 3 aromatic rings. The summed E-state index contributed by atoms with van der Waals surface area (Å²) in [5.41, 5.74) is 2.07. The highest BCUT2D eigenvalue weighted by atomic mass is 32.2. The van der Waals surface area contributed by atoms with Gasteiger partial charge in [0, 0.05) is 11.4 Å². The zero-order valence-electron chi connectivity index (χ0n) is 16.8. The predicted molar refractivity (Wildman–Crippen MR) is 124 cm³/mol. The van der Waals surface area contributed by atoms with Gasteiger partial charge in [0.15, 0.2) is 5.16 Å². The molecule has 4 rings (SSSR count). The van der Waals surface area contributed by atoms with E-state index in [9.17, 15) is 9.59 Å². The molecule has 5 nitrogen and oxygen atoms in total. The van der Waals surface area contributed by atoms with Crippen LogP contribution in [0.25, 0.3) is 10.9 Å². The molecule has 0 atom stereocenters. The highest BCUT2D eigenvalue weighted by Gasteiger charge is 2.14. The van der Waals surface area contributed by atoms with Gasteiger partial charge in [0.05, 0.1) is 23.2 Å². The Kier molecular flexibility index (Phi) is 7.02. The molecule has 30 heavy (non-hydrogen) atoms. The normalized spacial score (nSPS) is 13.9. The van der Waals surface area contributed by atoms with E-state index < -0.39 is 0 Å². The second-order valence-corrected chi connectivity index (χ2v) is 9.35. The number of carbonyl (C=O) groups excluding carboxylic acids is 1. The quantitative estimate of drug-likeness (QED) is 0.312. The van der Waals surface area contributed by atoms with E-state index in [1.165, 1.54) is 30.2 Å². The first-order valence-corrected chi connectivity index (χ1v) is 12.2. The predicted octanol–water partition coefficient (Wildman–Crippen LogP) is 4.76. The van der Waals surface area contributed by atoms with Crippen molar-refractivity contribution < 1.29 is 4.79 Å². The van der Waals surface area contributed by atoms with E-state index in [4.69, 9.17) is 4.98 Å². The Morgan fingerprint density at radius 2 is 2.10 bits per heavy atom. The van der Waals surface area contributed by atoms with Crippen molar-refractivity contribution in [1.29, 1.82) is 0 Å². The summed E-state index contributed by atoms with van der Waals surface area (Å²) in [6, 6.07) is 11.4. The van der Waals surface area contributed by atoms with Gasteiger partial charge in [-0.2, -0.15) is 0 Å². The first-order valence-electron chi connectivity index (χ1n) is 10.3. The molecule has 0 saturated heterocycles. The number of hydrogen-bond acceptors (Lipinski definition) is 5. The molecule has 0 saturated carbocycles. The monoisotopic (exact) mass is 439 g/mol. The highest BCUT2D eigenvalue weighted by Crippen LogP contribution is 2.23. The summed E-state index contributed by atoms with van der Waals surface area (Å²) in [5, 5.41) is 6.17. The van der Waals surface area contributed by atoms with Crippen LogP contribution in [0.5, 0.6) is 0 Å². The zero-order chi connectivity index (χ0) is 20.8. The third-order valence-electron chi connectivity index (χ3n) is 5.24. The molecule has 0 unspecified atom stereocenters. The lowest BCUT2D eigenvalue weighted by molar-refractivity contribution is -0.118. The fourth-order valence-electron chi connectivity index (χ4n) is 3.62. The van der Waals surface area contributed by atoms with Crippen LogP contribution in [-0.2, 0) is 17.9 Å². The van der Waals surface area contributed by atoms with Crippen LogP contribution in [0.15, 0.2) is 63.4 Å². The number of amides is 1. The maximum atomic E-state index is 13.1. The number of fused-ring (bicyclic) bond motifs is 1. The Hall–Kier alpha value is -2.38.